The first-order valence-corrected chi connectivity index (χ1v) is 11.6. The number of aryl methyl sites for hydroxylation is 1. The molecule has 170 valence electrons. The van der Waals surface area contributed by atoms with Gasteiger partial charge in [-0.2, -0.15) is 0 Å². The lowest BCUT2D eigenvalue weighted by Gasteiger charge is -2.35. The third-order valence-corrected chi connectivity index (χ3v) is 6.71. The van der Waals surface area contributed by atoms with Gasteiger partial charge >= 0.3 is 0 Å². The van der Waals surface area contributed by atoms with Crippen LogP contribution in [0.3, 0.4) is 0 Å². The van der Waals surface area contributed by atoms with Crippen LogP contribution in [0.2, 0.25) is 0 Å². The quantitative estimate of drug-likeness (QED) is 0.590. The lowest BCUT2D eigenvalue weighted by molar-refractivity contribution is -0.134. The number of carbonyl (C=O) groups is 2. The number of aromatic nitrogens is 1. The Balaban J connectivity index is 1.47. The fourth-order valence-corrected chi connectivity index (χ4v) is 4.57. The normalized spacial score (nSPS) is 16.2. The summed E-state index contributed by atoms with van der Waals surface area (Å²) in [6.45, 7) is 6.24. The molecule has 0 bridgehead atoms. The fraction of sp³-hybridized carbons (Fsp3) is 0.333. The second kappa shape index (κ2) is 8.50. The molecule has 1 aliphatic heterocycles. The number of hydrogen-bond acceptors (Lipinski definition) is 2. The first kappa shape index (κ1) is 21.4. The molecule has 0 N–H and O–H groups in total. The number of rotatable bonds is 4. The Morgan fingerprint density at radius 2 is 1.45 bits per heavy atom. The van der Waals surface area contributed by atoms with Crippen molar-refractivity contribution in [3.05, 3.63) is 77.2 Å². The SMILES string of the molecule is Cc1ccc(-n2c(-c3ccc(F)cc3)cc(C(=O)N3CCN(C(=O)C4CC4)CC3)c2C)cc1. The summed E-state index contributed by atoms with van der Waals surface area (Å²) in [5.74, 6) is 0.123. The van der Waals surface area contributed by atoms with Crippen LogP contribution in [0.4, 0.5) is 4.39 Å². The van der Waals surface area contributed by atoms with Crippen molar-refractivity contribution in [2.24, 2.45) is 5.92 Å². The van der Waals surface area contributed by atoms with E-state index in [-0.39, 0.29) is 23.5 Å². The second-order valence-electron chi connectivity index (χ2n) is 9.10. The number of benzene rings is 2. The molecule has 33 heavy (non-hydrogen) atoms. The summed E-state index contributed by atoms with van der Waals surface area (Å²) in [4.78, 5) is 29.6. The summed E-state index contributed by atoms with van der Waals surface area (Å²) in [5.41, 5.74) is 5.29. The van der Waals surface area contributed by atoms with Gasteiger partial charge in [-0.25, -0.2) is 4.39 Å². The second-order valence-corrected chi connectivity index (χ2v) is 9.10. The molecule has 0 unspecified atom stereocenters. The fourth-order valence-electron chi connectivity index (χ4n) is 4.57. The number of hydrogen-bond donors (Lipinski definition) is 0. The molecule has 0 radical (unpaired) electrons. The van der Waals surface area contributed by atoms with Crippen molar-refractivity contribution in [3.63, 3.8) is 0 Å². The van der Waals surface area contributed by atoms with Crippen LogP contribution in [0.15, 0.2) is 54.6 Å². The van der Waals surface area contributed by atoms with Gasteiger partial charge in [0.05, 0.1) is 11.3 Å². The van der Waals surface area contributed by atoms with Gasteiger partial charge in [-0.15, -0.1) is 0 Å². The molecule has 1 saturated carbocycles. The van der Waals surface area contributed by atoms with E-state index in [0.29, 0.717) is 31.7 Å². The molecule has 2 fully saturated rings. The summed E-state index contributed by atoms with van der Waals surface area (Å²) in [7, 11) is 0. The highest BCUT2D eigenvalue weighted by Gasteiger charge is 2.35. The van der Waals surface area contributed by atoms with Gasteiger partial charge in [-0.3, -0.25) is 9.59 Å². The Morgan fingerprint density at radius 1 is 0.848 bits per heavy atom. The first-order valence-electron chi connectivity index (χ1n) is 11.6. The van der Waals surface area contributed by atoms with Gasteiger partial charge in [-0.05, 0) is 74.7 Å². The number of nitrogens with zero attached hydrogens (tertiary/aromatic N) is 3. The molecular weight excluding hydrogens is 417 g/mol. The third kappa shape index (κ3) is 4.17. The highest BCUT2D eigenvalue weighted by atomic mass is 19.1. The summed E-state index contributed by atoms with van der Waals surface area (Å²) in [5, 5.41) is 0. The summed E-state index contributed by atoms with van der Waals surface area (Å²) < 4.78 is 15.6. The number of piperazine rings is 1. The monoisotopic (exact) mass is 445 g/mol. The Hall–Kier alpha value is -3.41. The minimum Gasteiger partial charge on any atom is -0.339 e. The topological polar surface area (TPSA) is 45.6 Å². The van der Waals surface area contributed by atoms with Crippen LogP contribution in [-0.4, -0.2) is 52.4 Å². The van der Waals surface area contributed by atoms with Gasteiger partial charge in [0, 0.05) is 43.5 Å². The van der Waals surface area contributed by atoms with Gasteiger partial charge in [0.2, 0.25) is 5.91 Å². The molecule has 6 heteroatoms. The average molecular weight is 446 g/mol. The molecule has 2 aliphatic rings. The van der Waals surface area contributed by atoms with Crippen molar-refractivity contribution in [2.75, 3.05) is 26.2 Å². The lowest BCUT2D eigenvalue weighted by atomic mass is 10.1. The van der Waals surface area contributed by atoms with E-state index in [2.05, 4.69) is 4.57 Å². The van der Waals surface area contributed by atoms with Crippen molar-refractivity contribution < 1.29 is 14.0 Å². The predicted molar refractivity (Wildman–Crippen MR) is 126 cm³/mol. The summed E-state index contributed by atoms with van der Waals surface area (Å²) >= 11 is 0. The third-order valence-electron chi connectivity index (χ3n) is 6.71. The van der Waals surface area contributed by atoms with E-state index in [0.717, 1.165) is 41.0 Å². The molecule has 5 nitrogen and oxygen atoms in total. The molecule has 0 spiro atoms. The predicted octanol–water partition coefficient (Wildman–Crippen LogP) is 4.59. The molecule has 2 aromatic carbocycles. The highest BCUT2D eigenvalue weighted by molar-refractivity contribution is 5.97. The maximum absolute atomic E-state index is 13.6. The molecule has 3 aromatic rings. The number of carbonyl (C=O) groups excluding carboxylic acids is 2. The van der Waals surface area contributed by atoms with Crippen LogP contribution < -0.4 is 0 Å². The van der Waals surface area contributed by atoms with Gasteiger partial charge in [0.25, 0.3) is 5.91 Å². The molecule has 1 aromatic heterocycles. The molecule has 2 heterocycles. The summed E-state index contributed by atoms with van der Waals surface area (Å²) in [6, 6.07) is 16.4. The average Bonchev–Trinajstić information content (AvgIpc) is 3.63. The highest BCUT2D eigenvalue weighted by Crippen LogP contribution is 2.32. The Morgan fingerprint density at radius 3 is 2.06 bits per heavy atom. The zero-order valence-electron chi connectivity index (χ0n) is 19.1. The van der Waals surface area contributed by atoms with Crippen LogP contribution in [0, 0.1) is 25.6 Å². The maximum Gasteiger partial charge on any atom is 0.255 e. The molecule has 2 amide bonds. The molecule has 5 rings (SSSR count). The van der Waals surface area contributed by atoms with Crippen molar-refractivity contribution in [2.45, 2.75) is 26.7 Å². The van der Waals surface area contributed by atoms with E-state index in [4.69, 9.17) is 0 Å². The van der Waals surface area contributed by atoms with E-state index < -0.39 is 0 Å². The van der Waals surface area contributed by atoms with E-state index >= 15 is 0 Å². The smallest absolute Gasteiger partial charge is 0.255 e. The Bertz CT molecular complexity index is 1190. The van der Waals surface area contributed by atoms with Crippen molar-refractivity contribution in [1.29, 1.82) is 0 Å². The zero-order chi connectivity index (χ0) is 23.1. The molecule has 1 aliphatic carbocycles. The van der Waals surface area contributed by atoms with Crippen molar-refractivity contribution in [1.82, 2.24) is 14.4 Å². The van der Waals surface area contributed by atoms with E-state index in [1.54, 1.807) is 12.1 Å². The van der Waals surface area contributed by atoms with E-state index in [9.17, 15) is 14.0 Å². The van der Waals surface area contributed by atoms with Gasteiger partial charge in [0.1, 0.15) is 5.82 Å². The minimum absolute atomic E-state index is 0.0276. The zero-order valence-corrected chi connectivity index (χ0v) is 19.1. The van der Waals surface area contributed by atoms with Crippen LogP contribution in [-0.2, 0) is 4.79 Å². The van der Waals surface area contributed by atoms with Crippen molar-refractivity contribution >= 4 is 11.8 Å². The standard InChI is InChI=1S/C27H28FN3O2/c1-18-3-11-23(12-4-18)31-19(2)24(17-25(31)20-7-9-22(28)10-8-20)27(33)30-15-13-29(14-16-30)26(32)21-5-6-21/h3-4,7-12,17,21H,5-6,13-16H2,1-2H3. The molecule has 0 atom stereocenters. The Labute approximate surface area is 193 Å². The van der Waals surface area contributed by atoms with Gasteiger partial charge in [0.15, 0.2) is 0 Å². The molecular formula is C27H28FN3O2. The van der Waals surface area contributed by atoms with Gasteiger partial charge < -0.3 is 14.4 Å². The first-order chi connectivity index (χ1) is 15.9. The van der Waals surface area contributed by atoms with Gasteiger partial charge in [-0.1, -0.05) is 17.7 Å². The largest absolute Gasteiger partial charge is 0.339 e. The van der Waals surface area contributed by atoms with E-state index in [1.165, 1.54) is 12.1 Å². The summed E-state index contributed by atoms with van der Waals surface area (Å²) in [6.07, 6.45) is 1.99. The van der Waals surface area contributed by atoms with E-state index in [1.807, 2.05) is 54.0 Å². The van der Waals surface area contributed by atoms with Crippen LogP contribution in [0.25, 0.3) is 16.9 Å². The van der Waals surface area contributed by atoms with Crippen LogP contribution >= 0.6 is 0 Å². The van der Waals surface area contributed by atoms with Crippen LogP contribution in [0.1, 0.15) is 34.5 Å². The number of amides is 2. The molecule has 1 saturated heterocycles. The minimum atomic E-state index is -0.293. The Kier molecular flexibility index (Phi) is 5.52. The van der Waals surface area contributed by atoms with Crippen LogP contribution in [0.5, 0.6) is 0 Å². The number of halogens is 1. The maximum atomic E-state index is 13.6. The lowest BCUT2D eigenvalue weighted by Crippen LogP contribution is -2.51. The van der Waals surface area contributed by atoms with Crippen molar-refractivity contribution in [3.8, 4) is 16.9 Å².